The highest BCUT2D eigenvalue weighted by Gasteiger charge is 2.17. The molecule has 4 rings (SSSR count). The summed E-state index contributed by atoms with van der Waals surface area (Å²) in [6.07, 6.45) is 5.43. The molecule has 0 bridgehead atoms. The first kappa shape index (κ1) is 21.0. The highest BCUT2D eigenvalue weighted by Crippen LogP contribution is 2.27. The Labute approximate surface area is 184 Å². The van der Waals surface area contributed by atoms with Crippen molar-refractivity contribution in [2.45, 2.75) is 19.9 Å². The van der Waals surface area contributed by atoms with Gasteiger partial charge in [0, 0.05) is 25.4 Å². The number of methoxy groups -OCH3 is 2. The zero-order valence-corrected chi connectivity index (χ0v) is 17.9. The van der Waals surface area contributed by atoms with Gasteiger partial charge in [0.1, 0.15) is 12.0 Å². The molecule has 0 saturated heterocycles. The van der Waals surface area contributed by atoms with E-state index in [1.807, 2.05) is 25.1 Å². The lowest BCUT2D eigenvalue weighted by atomic mass is 10.2. The van der Waals surface area contributed by atoms with Gasteiger partial charge in [0.25, 0.3) is 11.8 Å². The third-order valence-corrected chi connectivity index (χ3v) is 4.76. The maximum atomic E-state index is 12.6. The van der Waals surface area contributed by atoms with E-state index < -0.39 is 0 Å². The summed E-state index contributed by atoms with van der Waals surface area (Å²) in [6, 6.07) is 9.07. The number of nitrogens with one attached hydrogen (secondary N) is 1. The number of nitrogens with zero attached hydrogens (tertiary/aromatic N) is 5. The number of rotatable bonds is 8. The number of aromatic nitrogens is 5. The van der Waals surface area contributed by atoms with E-state index in [1.165, 1.54) is 6.33 Å². The van der Waals surface area contributed by atoms with Gasteiger partial charge in [-0.2, -0.15) is 4.98 Å². The van der Waals surface area contributed by atoms with Crippen LogP contribution in [-0.2, 0) is 13.0 Å². The van der Waals surface area contributed by atoms with Crippen molar-refractivity contribution < 1.29 is 18.8 Å². The molecule has 1 N–H and O–H groups in total. The number of aryl methyl sites for hydroxylation is 1. The summed E-state index contributed by atoms with van der Waals surface area (Å²) in [5.74, 6) is 2.40. The SMILES string of the molecule is CCc1noc(-c2cccnc2-n2cnc(C(=O)NCc3ccc(OC)c(OC)c3)c2)n1. The Morgan fingerprint density at radius 1 is 1.16 bits per heavy atom. The summed E-state index contributed by atoms with van der Waals surface area (Å²) in [7, 11) is 3.14. The first-order valence-corrected chi connectivity index (χ1v) is 9.94. The average molecular weight is 434 g/mol. The second kappa shape index (κ2) is 9.29. The van der Waals surface area contributed by atoms with Crippen molar-refractivity contribution in [2.75, 3.05) is 14.2 Å². The van der Waals surface area contributed by atoms with Crippen LogP contribution in [0.3, 0.4) is 0 Å². The molecular formula is C22H22N6O4. The number of carbonyl (C=O) groups excluding carboxylic acids is 1. The molecule has 0 radical (unpaired) electrons. The summed E-state index contributed by atoms with van der Waals surface area (Å²) >= 11 is 0. The molecule has 0 aliphatic heterocycles. The van der Waals surface area contributed by atoms with E-state index >= 15 is 0 Å². The lowest BCUT2D eigenvalue weighted by Crippen LogP contribution is -2.23. The number of pyridine rings is 1. The van der Waals surface area contributed by atoms with Crippen LogP contribution >= 0.6 is 0 Å². The van der Waals surface area contributed by atoms with E-state index in [-0.39, 0.29) is 11.6 Å². The van der Waals surface area contributed by atoms with Gasteiger partial charge in [0.15, 0.2) is 23.1 Å². The molecule has 10 heteroatoms. The first-order valence-electron chi connectivity index (χ1n) is 9.94. The minimum Gasteiger partial charge on any atom is -0.493 e. The third kappa shape index (κ3) is 4.29. The van der Waals surface area contributed by atoms with Gasteiger partial charge < -0.3 is 19.3 Å². The molecule has 32 heavy (non-hydrogen) atoms. The van der Waals surface area contributed by atoms with Gasteiger partial charge in [0.05, 0.1) is 19.8 Å². The fourth-order valence-corrected chi connectivity index (χ4v) is 3.10. The smallest absolute Gasteiger partial charge is 0.271 e. The highest BCUT2D eigenvalue weighted by molar-refractivity contribution is 5.92. The van der Waals surface area contributed by atoms with Crippen molar-refractivity contribution in [1.29, 1.82) is 0 Å². The number of carbonyl (C=O) groups is 1. The fraction of sp³-hybridized carbons (Fsp3) is 0.227. The van der Waals surface area contributed by atoms with E-state index in [0.717, 1.165) is 5.56 Å². The second-order valence-corrected chi connectivity index (χ2v) is 6.78. The van der Waals surface area contributed by atoms with Gasteiger partial charge in [-0.25, -0.2) is 9.97 Å². The number of hydrogen-bond donors (Lipinski definition) is 1. The minimum atomic E-state index is -0.318. The lowest BCUT2D eigenvalue weighted by molar-refractivity contribution is 0.0946. The number of imidazole rings is 1. The van der Waals surface area contributed by atoms with E-state index in [0.29, 0.717) is 47.6 Å². The van der Waals surface area contributed by atoms with Gasteiger partial charge in [0.2, 0.25) is 0 Å². The Bertz CT molecular complexity index is 1230. The van der Waals surface area contributed by atoms with E-state index in [1.54, 1.807) is 43.3 Å². The Hall–Kier alpha value is -4.21. The molecule has 3 aromatic heterocycles. The van der Waals surface area contributed by atoms with Crippen LogP contribution in [0.15, 0.2) is 53.6 Å². The summed E-state index contributed by atoms with van der Waals surface area (Å²) in [4.78, 5) is 25.6. The Kier molecular flexibility index (Phi) is 6.11. The molecule has 0 saturated carbocycles. The molecule has 0 aliphatic carbocycles. The largest absolute Gasteiger partial charge is 0.493 e. The monoisotopic (exact) mass is 434 g/mol. The van der Waals surface area contributed by atoms with Crippen molar-refractivity contribution in [1.82, 2.24) is 30.0 Å². The molecule has 1 amide bonds. The molecule has 164 valence electrons. The van der Waals surface area contributed by atoms with Gasteiger partial charge >= 0.3 is 0 Å². The summed E-state index contributed by atoms with van der Waals surface area (Å²) in [6.45, 7) is 2.25. The first-order chi connectivity index (χ1) is 15.6. The molecule has 0 atom stereocenters. The summed E-state index contributed by atoms with van der Waals surface area (Å²) < 4.78 is 17.5. The van der Waals surface area contributed by atoms with Gasteiger partial charge in [-0.3, -0.25) is 9.36 Å². The van der Waals surface area contributed by atoms with Gasteiger partial charge in [-0.15, -0.1) is 0 Å². The molecule has 0 fully saturated rings. The fourth-order valence-electron chi connectivity index (χ4n) is 3.10. The predicted octanol–water partition coefficient (Wildman–Crippen LogP) is 2.83. The van der Waals surface area contributed by atoms with Crippen molar-refractivity contribution in [2.24, 2.45) is 0 Å². The maximum Gasteiger partial charge on any atom is 0.271 e. The van der Waals surface area contributed by atoms with Crippen LogP contribution in [0.5, 0.6) is 11.5 Å². The molecular weight excluding hydrogens is 412 g/mol. The van der Waals surface area contributed by atoms with Crippen molar-refractivity contribution in [3.63, 3.8) is 0 Å². The van der Waals surface area contributed by atoms with Crippen molar-refractivity contribution >= 4 is 5.91 Å². The molecule has 0 unspecified atom stereocenters. The number of benzene rings is 1. The Morgan fingerprint density at radius 2 is 2.00 bits per heavy atom. The molecule has 4 aromatic rings. The van der Waals surface area contributed by atoms with E-state index in [9.17, 15) is 4.79 Å². The normalized spacial score (nSPS) is 10.7. The summed E-state index contributed by atoms with van der Waals surface area (Å²) in [5.41, 5.74) is 1.77. The van der Waals surface area contributed by atoms with Crippen LogP contribution in [0.4, 0.5) is 0 Å². The quantitative estimate of drug-likeness (QED) is 0.450. The van der Waals surface area contributed by atoms with E-state index in [4.69, 9.17) is 14.0 Å². The van der Waals surface area contributed by atoms with E-state index in [2.05, 4.69) is 25.4 Å². The molecule has 0 spiro atoms. The van der Waals surface area contributed by atoms with Crippen LogP contribution < -0.4 is 14.8 Å². The standard InChI is InChI=1S/C22H22N6O4/c1-4-19-26-22(32-27-19)15-6-5-9-23-20(15)28-12-16(25-13-28)21(29)24-11-14-7-8-17(30-2)18(10-14)31-3/h5-10,12-13H,4,11H2,1-3H3,(H,24,29). The van der Waals surface area contributed by atoms with Crippen molar-refractivity contribution in [3.8, 4) is 28.8 Å². The van der Waals surface area contributed by atoms with Crippen LogP contribution in [0.25, 0.3) is 17.3 Å². The Balaban J connectivity index is 1.50. The number of amides is 1. The molecule has 10 nitrogen and oxygen atoms in total. The number of hydrogen-bond acceptors (Lipinski definition) is 8. The van der Waals surface area contributed by atoms with Crippen LogP contribution in [0.1, 0.15) is 28.8 Å². The molecule has 0 aliphatic rings. The topological polar surface area (TPSA) is 117 Å². The molecule has 3 heterocycles. The zero-order chi connectivity index (χ0) is 22.5. The highest BCUT2D eigenvalue weighted by atomic mass is 16.5. The minimum absolute atomic E-state index is 0.252. The van der Waals surface area contributed by atoms with Gasteiger partial charge in [-0.1, -0.05) is 18.1 Å². The van der Waals surface area contributed by atoms with Gasteiger partial charge in [-0.05, 0) is 29.8 Å². The molecule has 1 aromatic carbocycles. The van der Waals surface area contributed by atoms with Crippen LogP contribution in [0.2, 0.25) is 0 Å². The maximum absolute atomic E-state index is 12.6. The zero-order valence-electron chi connectivity index (χ0n) is 17.9. The second-order valence-electron chi connectivity index (χ2n) is 6.78. The lowest BCUT2D eigenvalue weighted by Gasteiger charge is -2.10. The predicted molar refractivity (Wildman–Crippen MR) is 115 cm³/mol. The van der Waals surface area contributed by atoms with Crippen LogP contribution in [-0.4, -0.2) is 44.8 Å². The summed E-state index contributed by atoms with van der Waals surface area (Å²) in [5, 5.41) is 6.79. The Morgan fingerprint density at radius 3 is 2.75 bits per heavy atom. The van der Waals surface area contributed by atoms with Crippen molar-refractivity contribution in [3.05, 3.63) is 66.1 Å². The third-order valence-electron chi connectivity index (χ3n) is 4.76. The van der Waals surface area contributed by atoms with Crippen LogP contribution in [0, 0.1) is 0 Å². The number of ether oxygens (including phenoxy) is 2. The average Bonchev–Trinajstić information content (AvgIpc) is 3.52.